The van der Waals surface area contributed by atoms with Gasteiger partial charge in [-0.3, -0.25) is 9.80 Å². The highest BCUT2D eigenvalue weighted by molar-refractivity contribution is 5.78. The predicted molar refractivity (Wildman–Crippen MR) is 61.4 cm³/mol. The van der Waals surface area contributed by atoms with Gasteiger partial charge in [0.2, 0.25) is 5.91 Å². The summed E-state index contributed by atoms with van der Waals surface area (Å²) >= 11 is 0. The highest BCUT2D eigenvalue weighted by Crippen LogP contribution is 2.31. The van der Waals surface area contributed by atoms with Gasteiger partial charge in [-0.25, -0.2) is 5.43 Å². The van der Waals surface area contributed by atoms with Gasteiger partial charge >= 0.3 is 0 Å². The molecule has 2 atom stereocenters. The quantitative estimate of drug-likeness (QED) is 0.779. The van der Waals surface area contributed by atoms with Gasteiger partial charge in [0.05, 0.1) is 6.04 Å². The number of fused-ring (bicyclic) bond motifs is 1. The Morgan fingerprint density at radius 3 is 2.75 bits per heavy atom. The number of amides is 1. The van der Waals surface area contributed by atoms with Crippen LogP contribution in [0.3, 0.4) is 0 Å². The fourth-order valence-corrected chi connectivity index (χ4v) is 2.71. The van der Waals surface area contributed by atoms with Gasteiger partial charge in [0.25, 0.3) is 0 Å². The predicted octanol–water partition coefficient (Wildman–Crippen LogP) is 2.02. The molecule has 1 amide bonds. The van der Waals surface area contributed by atoms with Gasteiger partial charge in [-0.1, -0.05) is 30.3 Å². The number of hydrogen-bond acceptors (Lipinski definition) is 2. The Bertz CT molecular complexity index is 390. The van der Waals surface area contributed by atoms with Gasteiger partial charge in [0.1, 0.15) is 0 Å². The van der Waals surface area contributed by atoms with Crippen LogP contribution in [0.1, 0.15) is 37.3 Å². The van der Waals surface area contributed by atoms with Crippen molar-refractivity contribution in [2.75, 3.05) is 0 Å². The molecule has 2 aliphatic rings. The standard InChI is InChI=1S/C13H16N2O/c16-13-9-7-11-6-8-12(14-15(11)13)10-4-2-1-3-5-10/h1-5,11-12,14H,6-9H2/t11-,12+/m0/s1. The minimum absolute atomic E-state index is 0.255. The van der Waals surface area contributed by atoms with Gasteiger partial charge in [-0.05, 0) is 24.8 Å². The molecule has 0 aliphatic carbocycles. The number of benzene rings is 1. The molecule has 0 spiro atoms. The minimum atomic E-state index is 0.255. The van der Waals surface area contributed by atoms with Crippen molar-refractivity contribution >= 4 is 5.91 Å². The molecule has 84 valence electrons. The zero-order valence-electron chi connectivity index (χ0n) is 9.23. The van der Waals surface area contributed by atoms with E-state index in [9.17, 15) is 4.79 Å². The summed E-state index contributed by atoms with van der Waals surface area (Å²) in [5.74, 6) is 0.255. The van der Waals surface area contributed by atoms with Crippen LogP contribution in [-0.2, 0) is 4.79 Å². The lowest BCUT2D eigenvalue weighted by Gasteiger charge is -2.36. The van der Waals surface area contributed by atoms with Crippen LogP contribution in [0.4, 0.5) is 0 Å². The molecule has 3 heteroatoms. The first kappa shape index (κ1) is 9.85. The molecule has 2 heterocycles. The van der Waals surface area contributed by atoms with Crippen LogP contribution in [0.25, 0.3) is 0 Å². The molecule has 2 fully saturated rings. The molecule has 3 rings (SSSR count). The second-order valence-electron chi connectivity index (χ2n) is 4.63. The second kappa shape index (κ2) is 3.91. The van der Waals surface area contributed by atoms with E-state index in [1.165, 1.54) is 5.56 Å². The van der Waals surface area contributed by atoms with E-state index in [1.807, 2.05) is 11.1 Å². The van der Waals surface area contributed by atoms with Crippen LogP contribution in [0.15, 0.2) is 30.3 Å². The van der Waals surface area contributed by atoms with Crippen LogP contribution >= 0.6 is 0 Å². The molecule has 2 saturated heterocycles. The molecule has 3 nitrogen and oxygen atoms in total. The molecule has 1 aromatic carbocycles. The van der Waals surface area contributed by atoms with Crippen molar-refractivity contribution in [2.45, 2.75) is 37.8 Å². The maximum atomic E-state index is 11.6. The summed E-state index contributed by atoms with van der Waals surface area (Å²) in [5, 5.41) is 1.86. The molecule has 0 saturated carbocycles. The molecule has 0 bridgehead atoms. The maximum absolute atomic E-state index is 11.6. The third kappa shape index (κ3) is 1.61. The lowest BCUT2D eigenvalue weighted by Crippen LogP contribution is -2.49. The van der Waals surface area contributed by atoms with Gasteiger partial charge in [-0.15, -0.1) is 0 Å². The average molecular weight is 216 g/mol. The Labute approximate surface area is 95.4 Å². The van der Waals surface area contributed by atoms with Crippen LogP contribution in [-0.4, -0.2) is 17.0 Å². The maximum Gasteiger partial charge on any atom is 0.237 e. The summed E-state index contributed by atoms with van der Waals surface area (Å²) in [6.07, 6.45) is 3.98. The monoisotopic (exact) mass is 216 g/mol. The molecule has 1 N–H and O–H groups in total. The number of hydrogen-bond donors (Lipinski definition) is 1. The van der Waals surface area contributed by atoms with E-state index in [0.29, 0.717) is 18.5 Å². The first-order chi connectivity index (χ1) is 7.84. The van der Waals surface area contributed by atoms with E-state index in [2.05, 4.69) is 29.7 Å². The number of carbonyl (C=O) groups excluding carboxylic acids is 1. The zero-order valence-corrected chi connectivity index (χ0v) is 9.23. The van der Waals surface area contributed by atoms with E-state index < -0.39 is 0 Å². The summed E-state index contributed by atoms with van der Waals surface area (Å²) in [6, 6.07) is 11.1. The topological polar surface area (TPSA) is 32.3 Å². The van der Waals surface area contributed by atoms with E-state index in [0.717, 1.165) is 19.3 Å². The number of nitrogens with zero attached hydrogens (tertiary/aromatic N) is 1. The fraction of sp³-hybridized carbons (Fsp3) is 0.462. The first-order valence-corrected chi connectivity index (χ1v) is 5.98. The normalized spacial score (nSPS) is 29.2. The number of rotatable bonds is 1. The van der Waals surface area contributed by atoms with Gasteiger partial charge < -0.3 is 0 Å². The third-order valence-corrected chi connectivity index (χ3v) is 3.61. The molecule has 0 unspecified atom stereocenters. The Morgan fingerprint density at radius 2 is 1.94 bits per heavy atom. The Balaban J connectivity index is 1.78. The van der Waals surface area contributed by atoms with Gasteiger partial charge in [-0.2, -0.15) is 0 Å². The van der Waals surface area contributed by atoms with E-state index in [1.54, 1.807) is 0 Å². The number of hydrazine groups is 1. The molecule has 16 heavy (non-hydrogen) atoms. The molecule has 1 aromatic rings. The van der Waals surface area contributed by atoms with Crippen molar-refractivity contribution in [3.8, 4) is 0 Å². The Morgan fingerprint density at radius 1 is 1.12 bits per heavy atom. The average Bonchev–Trinajstić information content (AvgIpc) is 2.72. The highest BCUT2D eigenvalue weighted by atomic mass is 16.2. The molecule has 2 aliphatic heterocycles. The summed E-state index contributed by atoms with van der Waals surface area (Å²) < 4.78 is 0. The highest BCUT2D eigenvalue weighted by Gasteiger charge is 2.36. The SMILES string of the molecule is O=C1CC[C@@H]2CC[C@H](c3ccccc3)NN12. The fourth-order valence-electron chi connectivity index (χ4n) is 2.71. The van der Waals surface area contributed by atoms with Crippen molar-refractivity contribution in [1.29, 1.82) is 0 Å². The lowest BCUT2D eigenvalue weighted by atomic mass is 9.97. The molecule has 0 aromatic heterocycles. The van der Waals surface area contributed by atoms with Crippen LogP contribution in [0.5, 0.6) is 0 Å². The summed E-state index contributed by atoms with van der Waals surface area (Å²) in [6.45, 7) is 0. The van der Waals surface area contributed by atoms with E-state index in [-0.39, 0.29) is 5.91 Å². The summed E-state index contributed by atoms with van der Waals surface area (Å²) in [4.78, 5) is 11.6. The summed E-state index contributed by atoms with van der Waals surface area (Å²) in [7, 11) is 0. The minimum Gasteiger partial charge on any atom is -0.274 e. The van der Waals surface area contributed by atoms with E-state index >= 15 is 0 Å². The lowest BCUT2D eigenvalue weighted by molar-refractivity contribution is -0.134. The van der Waals surface area contributed by atoms with Crippen LogP contribution < -0.4 is 5.43 Å². The van der Waals surface area contributed by atoms with Gasteiger partial charge in [0, 0.05) is 12.5 Å². The van der Waals surface area contributed by atoms with Gasteiger partial charge in [0.15, 0.2) is 0 Å². The second-order valence-corrected chi connectivity index (χ2v) is 4.63. The molecular formula is C13H16N2O. The Hall–Kier alpha value is -1.35. The largest absolute Gasteiger partial charge is 0.274 e. The smallest absolute Gasteiger partial charge is 0.237 e. The number of carbonyl (C=O) groups is 1. The van der Waals surface area contributed by atoms with Crippen molar-refractivity contribution in [3.05, 3.63) is 35.9 Å². The molecular weight excluding hydrogens is 200 g/mol. The van der Waals surface area contributed by atoms with Crippen molar-refractivity contribution in [3.63, 3.8) is 0 Å². The third-order valence-electron chi connectivity index (χ3n) is 3.61. The van der Waals surface area contributed by atoms with Crippen molar-refractivity contribution < 1.29 is 4.79 Å². The zero-order chi connectivity index (χ0) is 11.0. The molecule has 0 radical (unpaired) electrons. The summed E-state index contributed by atoms with van der Waals surface area (Å²) in [5.41, 5.74) is 4.64. The first-order valence-electron chi connectivity index (χ1n) is 5.98. The van der Waals surface area contributed by atoms with Crippen LogP contribution in [0, 0.1) is 0 Å². The number of nitrogens with one attached hydrogen (secondary N) is 1. The van der Waals surface area contributed by atoms with Crippen molar-refractivity contribution in [2.24, 2.45) is 0 Å². The van der Waals surface area contributed by atoms with Crippen molar-refractivity contribution in [1.82, 2.24) is 10.4 Å². The van der Waals surface area contributed by atoms with Crippen LogP contribution in [0.2, 0.25) is 0 Å². The van der Waals surface area contributed by atoms with E-state index in [4.69, 9.17) is 0 Å². The Kier molecular flexibility index (Phi) is 2.40.